The highest BCUT2D eigenvalue weighted by Crippen LogP contribution is 2.41. The summed E-state index contributed by atoms with van der Waals surface area (Å²) in [7, 11) is -3.29. The minimum absolute atomic E-state index is 0.154. The van der Waals surface area contributed by atoms with Gasteiger partial charge in [0.05, 0.1) is 79.7 Å². The van der Waals surface area contributed by atoms with Gasteiger partial charge in [0.1, 0.15) is 0 Å². The molecule has 9 aromatic rings. The maximum absolute atomic E-state index is 11.8. The Morgan fingerprint density at radius 1 is 0.471 bits per heavy atom. The number of fused-ring (bicyclic) bond motifs is 3. The van der Waals surface area contributed by atoms with Crippen LogP contribution in [0.3, 0.4) is 0 Å². The number of imidazole rings is 3. The van der Waals surface area contributed by atoms with Gasteiger partial charge in [0.2, 0.25) is 45.0 Å². The SMILES string of the molecule is Cc1nc(N)ncc1-c1nc(N2CCOCC2)c2nc(Cl)n(CC3CC3)c2n1.Cc1nc(N)ncc1-c1nc(N2CCOCC2)c2nc(N3CC[C@H](N)C3)n(CC3CC3)c2n1.Cc1nc(N)ncc1-c1nc(N2CCOCC2)c2nc(N3CC[C@H](NS(C)(=O)=O)C3)n(CC3CC3)c2n1.N[C@H]1CCNC1. The minimum Gasteiger partial charge on any atom is -0.378 e. The van der Waals surface area contributed by atoms with Crippen LogP contribution in [-0.2, 0) is 43.9 Å². The summed E-state index contributed by atoms with van der Waals surface area (Å²) in [6, 6.07) is 0.457. The van der Waals surface area contributed by atoms with E-state index in [2.05, 4.69) is 78.6 Å². The number of anilines is 8. The van der Waals surface area contributed by atoms with Gasteiger partial charge in [0.25, 0.3) is 0 Å². The van der Waals surface area contributed by atoms with Crippen molar-refractivity contribution in [1.82, 2.24) is 98.5 Å². The predicted octanol–water partition coefficient (Wildman–Crippen LogP) is 2.89. The summed E-state index contributed by atoms with van der Waals surface area (Å²) < 4.78 is 49.6. The Morgan fingerprint density at radius 2 is 0.856 bits per heavy atom. The highest BCUT2D eigenvalue weighted by Gasteiger charge is 2.36. The first-order chi connectivity index (χ1) is 50.3. The van der Waals surface area contributed by atoms with Crippen LogP contribution in [0.2, 0.25) is 5.28 Å². The van der Waals surface area contributed by atoms with Crippen LogP contribution in [0.4, 0.5) is 47.2 Å². The van der Waals surface area contributed by atoms with E-state index in [0.717, 1.165) is 182 Å². The maximum atomic E-state index is 11.8. The molecule has 18 rings (SSSR count). The quantitative estimate of drug-likeness (QED) is 0.0684. The van der Waals surface area contributed by atoms with Gasteiger partial charge in [-0.1, -0.05) is 0 Å². The Balaban J connectivity index is 0.000000121. The van der Waals surface area contributed by atoms with Crippen molar-refractivity contribution in [3.8, 4) is 34.2 Å². The van der Waals surface area contributed by atoms with Gasteiger partial charge in [-0.15, -0.1) is 0 Å². The highest BCUT2D eigenvalue weighted by atomic mass is 35.5. The molecule has 0 amide bonds. The molecule has 6 saturated heterocycles. The average Bonchev–Trinajstić information content (AvgIpc) is 1.59. The van der Waals surface area contributed by atoms with E-state index in [1.54, 1.807) is 18.6 Å². The number of nitrogens with two attached hydrogens (primary N) is 5. The molecule has 9 fully saturated rings. The van der Waals surface area contributed by atoms with Gasteiger partial charge >= 0.3 is 0 Å². The molecule has 104 heavy (non-hydrogen) atoms. The Hall–Kier alpha value is -8.75. The van der Waals surface area contributed by atoms with Crippen molar-refractivity contribution in [2.75, 3.05) is 166 Å². The first kappa shape index (κ1) is 70.9. The van der Waals surface area contributed by atoms with Crippen molar-refractivity contribution < 1.29 is 22.6 Å². The average molecular weight is 1470 g/mol. The molecule has 3 aliphatic carbocycles. The van der Waals surface area contributed by atoms with Crippen molar-refractivity contribution in [1.29, 1.82) is 0 Å². The highest BCUT2D eigenvalue weighted by molar-refractivity contribution is 7.88. The molecule has 0 aromatic carbocycles. The molecule has 15 heterocycles. The third-order valence-electron chi connectivity index (χ3n) is 20.2. The molecule has 3 atom stereocenters. The second kappa shape index (κ2) is 30.4. The number of nitrogen functional groups attached to an aromatic ring is 3. The standard InChI is InChI=1S/C23H32N10O3S.C22H30N10O.C18H21ClN8O.C4H10N2/c1-14-17(11-25-22(24)26-14)19-28-20(31-7-9-36-10-8-31)18-21(29-19)33(12-15-3-4-15)23(27-18)32-6-5-16(13-32)30-37(2,34)35;1-13-16(10-25-21(24)26-13)18-28-19(30-6-8-33-9-7-30)17-20(29-18)32(11-14-2-3-14)22(27-17)31-5-4-15(23)12-31;1-10-12(8-21-18(20)22-10)14-24-15(26-4-6-28-7-5-26)13-16(25-14)27(17(19)23-13)9-11-2-3-11;5-4-1-2-6-3-4/h11,15-16,30H,3-10,12-13H2,1-2H3,(H2,24,25,26);10,14-15H,2-9,11-12,23H2,1H3,(H2,24,25,26);8,11H,2-7,9H2,1H3,(H2,20,21,22);4,6H,1-3,5H2/t16-;15-;;4-/m00.0/s1. The van der Waals surface area contributed by atoms with Gasteiger partial charge in [0.15, 0.2) is 68.4 Å². The monoisotopic (exact) mass is 1460 g/mol. The second-order valence-corrected chi connectivity index (χ2v) is 30.7. The minimum atomic E-state index is -3.29. The number of nitrogens with one attached hydrogen (secondary N) is 2. The summed E-state index contributed by atoms with van der Waals surface area (Å²) in [4.78, 5) is 81.1. The summed E-state index contributed by atoms with van der Waals surface area (Å²) in [5, 5.41) is 3.60. The summed E-state index contributed by atoms with van der Waals surface area (Å²) >= 11 is 6.50. The third-order valence-corrected chi connectivity index (χ3v) is 21.2. The number of sulfonamides is 1. The lowest BCUT2D eigenvalue weighted by atomic mass is 10.2. The van der Waals surface area contributed by atoms with E-state index >= 15 is 0 Å². The van der Waals surface area contributed by atoms with Crippen LogP contribution >= 0.6 is 11.6 Å². The van der Waals surface area contributed by atoms with E-state index in [1.165, 1.54) is 44.8 Å². The van der Waals surface area contributed by atoms with E-state index in [9.17, 15) is 8.42 Å². The molecule has 9 aromatic heterocycles. The number of aromatic nitrogens is 18. The lowest BCUT2D eigenvalue weighted by Gasteiger charge is -2.28. The van der Waals surface area contributed by atoms with Gasteiger partial charge in [-0.05, 0) is 114 Å². The topological polar surface area (TPSA) is 440 Å². The van der Waals surface area contributed by atoms with E-state index in [0.29, 0.717) is 118 Å². The molecule has 37 heteroatoms. The van der Waals surface area contributed by atoms with Crippen LogP contribution < -0.4 is 63.2 Å². The van der Waals surface area contributed by atoms with Crippen molar-refractivity contribution in [3.63, 3.8) is 0 Å². The molecule has 0 bridgehead atoms. The molecule has 6 aliphatic heterocycles. The molecule has 0 unspecified atom stereocenters. The lowest BCUT2D eigenvalue weighted by Crippen LogP contribution is -2.37. The van der Waals surface area contributed by atoms with Crippen LogP contribution in [0, 0.1) is 38.5 Å². The summed E-state index contributed by atoms with van der Waals surface area (Å²) in [5.41, 5.74) is 38.2. The number of hydrogen-bond donors (Lipinski definition) is 7. The number of ether oxygens (including phenoxy) is 3. The van der Waals surface area contributed by atoms with Crippen molar-refractivity contribution >= 4 is 102 Å². The van der Waals surface area contributed by atoms with Crippen LogP contribution in [0.5, 0.6) is 0 Å². The Labute approximate surface area is 607 Å². The Kier molecular flexibility index (Phi) is 20.7. The lowest BCUT2D eigenvalue weighted by molar-refractivity contribution is 0.122. The summed E-state index contributed by atoms with van der Waals surface area (Å²) in [6.07, 6.45) is 16.4. The number of rotatable bonds is 16. The molecule has 3 saturated carbocycles. The van der Waals surface area contributed by atoms with Crippen molar-refractivity contribution in [3.05, 3.63) is 41.0 Å². The predicted molar refractivity (Wildman–Crippen MR) is 398 cm³/mol. The number of aryl methyl sites for hydroxylation is 3. The number of nitrogens with zero attached hydrogens (tertiary/aromatic N) is 23. The van der Waals surface area contributed by atoms with Crippen molar-refractivity contribution in [2.24, 2.45) is 29.2 Å². The van der Waals surface area contributed by atoms with Crippen LogP contribution in [0.15, 0.2) is 18.6 Å². The zero-order valence-corrected chi connectivity index (χ0v) is 61.0. The molecule has 554 valence electrons. The molecular formula is C67H93ClN30O5S. The molecule has 12 N–H and O–H groups in total. The van der Waals surface area contributed by atoms with Gasteiger partial charge in [0, 0.05) is 128 Å². The van der Waals surface area contributed by atoms with E-state index in [-0.39, 0.29) is 29.9 Å². The fraction of sp³-hybridized carbons (Fsp3) is 0.597. The Bertz CT molecular complexity index is 4700. The molecule has 9 aliphatic rings. The maximum Gasteiger partial charge on any atom is 0.220 e. The zero-order valence-electron chi connectivity index (χ0n) is 59.4. The van der Waals surface area contributed by atoms with E-state index in [4.69, 9.17) is 94.4 Å². The molecule has 35 nitrogen and oxygen atoms in total. The third kappa shape index (κ3) is 16.2. The molecule has 0 radical (unpaired) electrons. The summed E-state index contributed by atoms with van der Waals surface area (Å²) in [5.74, 6) is 8.42. The van der Waals surface area contributed by atoms with Gasteiger partial charge in [-0.2, -0.15) is 0 Å². The van der Waals surface area contributed by atoms with Crippen molar-refractivity contribution in [2.45, 2.75) is 116 Å². The largest absolute Gasteiger partial charge is 0.378 e. The first-order valence-electron chi connectivity index (χ1n) is 36.3. The molecule has 0 spiro atoms. The second-order valence-electron chi connectivity index (χ2n) is 28.5. The first-order valence-corrected chi connectivity index (χ1v) is 38.5. The fourth-order valence-corrected chi connectivity index (χ4v) is 15.0. The van der Waals surface area contributed by atoms with Gasteiger partial charge in [-0.25, -0.2) is 87.9 Å². The van der Waals surface area contributed by atoms with Crippen LogP contribution in [0.1, 0.15) is 74.9 Å². The Morgan fingerprint density at radius 3 is 1.20 bits per heavy atom. The number of hydrogen-bond acceptors (Lipinski definition) is 31. The van der Waals surface area contributed by atoms with E-state index < -0.39 is 10.0 Å². The van der Waals surface area contributed by atoms with Gasteiger partial charge < -0.3 is 72.7 Å². The van der Waals surface area contributed by atoms with Crippen LogP contribution in [-0.4, -0.2) is 239 Å². The normalized spacial score (nSPS) is 20.8. The summed E-state index contributed by atoms with van der Waals surface area (Å²) in [6.45, 7) is 21.6. The number of halogens is 1. The molecular weight excluding hydrogens is 1370 g/mol. The fourth-order valence-electron chi connectivity index (χ4n) is 14.0. The van der Waals surface area contributed by atoms with Crippen LogP contribution in [0.25, 0.3) is 67.7 Å². The number of morpholine rings is 3. The van der Waals surface area contributed by atoms with E-state index in [1.807, 2.05) is 25.3 Å². The zero-order chi connectivity index (χ0) is 71.9. The smallest absolute Gasteiger partial charge is 0.220 e. The van der Waals surface area contributed by atoms with Gasteiger partial charge in [-0.3, -0.25) is 13.7 Å².